The van der Waals surface area contributed by atoms with Crippen LogP contribution in [0.15, 0.2) is 77.6 Å². The summed E-state index contributed by atoms with van der Waals surface area (Å²) < 4.78 is 0. The van der Waals surface area contributed by atoms with Gasteiger partial charge in [-0.3, -0.25) is 14.9 Å². The fourth-order valence-electron chi connectivity index (χ4n) is 3.02. The first-order chi connectivity index (χ1) is 14.0. The van der Waals surface area contributed by atoms with Gasteiger partial charge in [0.1, 0.15) is 5.82 Å². The molecule has 6 nitrogen and oxygen atoms in total. The minimum absolute atomic E-state index is 0.160. The molecule has 0 saturated heterocycles. The van der Waals surface area contributed by atoms with Crippen LogP contribution in [-0.2, 0) is 0 Å². The van der Waals surface area contributed by atoms with Gasteiger partial charge in [-0.1, -0.05) is 72.3 Å². The van der Waals surface area contributed by atoms with Crippen LogP contribution in [0.25, 0.3) is 33.4 Å². The number of halogens is 1. The van der Waals surface area contributed by atoms with Crippen molar-refractivity contribution in [3.8, 4) is 11.4 Å². The maximum atomic E-state index is 12.7. The molecule has 7 heteroatoms. The monoisotopic (exact) mass is 403 g/mol. The number of nitrogens with zero attached hydrogens (tertiary/aromatic N) is 2. The molecule has 0 bridgehead atoms. The predicted octanol–water partition coefficient (Wildman–Crippen LogP) is 5.24. The number of fused-ring (bicyclic) bond motifs is 1. The Kier molecular flexibility index (Phi) is 4.93. The first-order valence-electron chi connectivity index (χ1n) is 8.73. The summed E-state index contributed by atoms with van der Waals surface area (Å²) in [7, 11) is 0. The number of nitrogens with one attached hydrogen (secondary N) is 1. The largest absolute Gasteiger partial charge is 0.306 e. The molecule has 0 fully saturated rings. The van der Waals surface area contributed by atoms with Gasteiger partial charge in [0.25, 0.3) is 11.2 Å². The third kappa shape index (κ3) is 3.79. The van der Waals surface area contributed by atoms with Crippen LogP contribution < -0.4 is 5.56 Å². The fourth-order valence-corrected chi connectivity index (χ4v) is 3.30. The van der Waals surface area contributed by atoms with Crippen molar-refractivity contribution in [1.82, 2.24) is 9.97 Å². The van der Waals surface area contributed by atoms with Gasteiger partial charge in [-0.25, -0.2) is 4.98 Å². The van der Waals surface area contributed by atoms with E-state index in [2.05, 4.69) is 9.97 Å². The molecule has 4 aromatic rings. The highest BCUT2D eigenvalue weighted by atomic mass is 35.5. The fraction of sp³-hybridized carbons (Fsp3) is 0. The molecule has 1 heterocycles. The number of nitro benzene ring substituents is 1. The van der Waals surface area contributed by atoms with Gasteiger partial charge in [0.2, 0.25) is 0 Å². The minimum Gasteiger partial charge on any atom is -0.306 e. The molecule has 0 unspecified atom stereocenters. The molecule has 0 saturated carbocycles. The molecular formula is C22H14ClN3O3. The zero-order valence-electron chi connectivity index (χ0n) is 15.0. The number of rotatable bonds is 4. The Hall–Kier alpha value is -3.77. The molecule has 1 aromatic heterocycles. The summed E-state index contributed by atoms with van der Waals surface area (Å²) in [6, 6.07) is 21.0. The second kappa shape index (κ2) is 7.69. The lowest BCUT2D eigenvalue weighted by atomic mass is 10.1. The molecule has 0 aliphatic rings. The summed E-state index contributed by atoms with van der Waals surface area (Å²) in [6.07, 6.45) is 1.62. The van der Waals surface area contributed by atoms with Crippen molar-refractivity contribution in [2.24, 2.45) is 0 Å². The molecule has 3 aromatic carbocycles. The molecule has 0 aliphatic carbocycles. The summed E-state index contributed by atoms with van der Waals surface area (Å²) in [6.45, 7) is 0. The first kappa shape index (κ1) is 18.6. The van der Waals surface area contributed by atoms with E-state index < -0.39 is 10.5 Å². The van der Waals surface area contributed by atoms with Crippen molar-refractivity contribution in [2.75, 3.05) is 0 Å². The van der Waals surface area contributed by atoms with E-state index in [1.807, 2.05) is 48.5 Å². The lowest BCUT2D eigenvalue weighted by molar-refractivity contribution is -0.385. The molecular weight excluding hydrogens is 390 g/mol. The number of nitro groups is 1. The highest BCUT2D eigenvalue weighted by Gasteiger charge is 2.20. The molecule has 1 N–H and O–H groups in total. The highest BCUT2D eigenvalue weighted by molar-refractivity contribution is 6.51. The Morgan fingerprint density at radius 2 is 1.69 bits per heavy atom. The quantitative estimate of drug-likeness (QED) is 0.287. The molecule has 4 rings (SSSR count). The Balaban J connectivity index is 1.91. The van der Waals surface area contributed by atoms with Crippen LogP contribution in [0.3, 0.4) is 0 Å². The molecule has 0 atom stereocenters. The summed E-state index contributed by atoms with van der Waals surface area (Å²) in [4.78, 5) is 30.9. The van der Waals surface area contributed by atoms with Crippen LogP contribution in [0.5, 0.6) is 0 Å². The average Bonchev–Trinajstić information content (AvgIpc) is 2.74. The third-order valence-electron chi connectivity index (χ3n) is 4.42. The number of aromatic amines is 1. The number of aromatic nitrogens is 2. The zero-order chi connectivity index (χ0) is 20.4. The summed E-state index contributed by atoms with van der Waals surface area (Å²) in [5.74, 6) is 0.344. The summed E-state index contributed by atoms with van der Waals surface area (Å²) in [5, 5.41) is 12.1. The maximum absolute atomic E-state index is 12.7. The molecule has 0 radical (unpaired) electrons. The van der Waals surface area contributed by atoms with E-state index in [-0.39, 0.29) is 27.2 Å². The number of benzene rings is 3. The first-order valence-corrected chi connectivity index (χ1v) is 9.11. The Bertz CT molecular complexity index is 1300. The van der Waals surface area contributed by atoms with Crippen LogP contribution in [-0.4, -0.2) is 14.9 Å². The average molecular weight is 404 g/mol. The number of hydrogen-bond acceptors (Lipinski definition) is 4. The van der Waals surface area contributed by atoms with Gasteiger partial charge in [0.15, 0.2) is 0 Å². The van der Waals surface area contributed by atoms with Crippen LogP contribution in [0, 0.1) is 10.1 Å². The molecule has 29 heavy (non-hydrogen) atoms. The number of H-pyrrole nitrogens is 1. The number of hydrogen-bond donors (Lipinski definition) is 1. The zero-order valence-corrected chi connectivity index (χ0v) is 15.8. The van der Waals surface area contributed by atoms with Crippen LogP contribution in [0.2, 0.25) is 0 Å². The van der Waals surface area contributed by atoms with Gasteiger partial charge >= 0.3 is 0 Å². The standard InChI is InChI=1S/C22H14ClN3O3/c23-18(11-14-7-3-1-4-8-14)16-12-17-19(13-20(16)26(28)29)24-21(25-22(17)27)15-9-5-2-6-10-15/h1-13H,(H,24,25,27)/b18-11-. The third-order valence-corrected chi connectivity index (χ3v) is 4.73. The van der Waals surface area contributed by atoms with Crippen LogP contribution in [0.1, 0.15) is 11.1 Å². The SMILES string of the molecule is O=c1[nH]c(-c2ccccc2)nc2cc([N+](=O)[O-])c(/C(Cl)=C/c3ccccc3)cc12. The van der Waals surface area contributed by atoms with Gasteiger partial charge in [0, 0.05) is 11.6 Å². The van der Waals surface area contributed by atoms with E-state index in [0.29, 0.717) is 11.4 Å². The molecule has 0 spiro atoms. The van der Waals surface area contributed by atoms with E-state index in [1.165, 1.54) is 12.1 Å². The Morgan fingerprint density at radius 1 is 1.03 bits per heavy atom. The van der Waals surface area contributed by atoms with Crippen LogP contribution >= 0.6 is 11.6 Å². The van der Waals surface area contributed by atoms with E-state index in [9.17, 15) is 14.9 Å². The lowest BCUT2D eigenvalue weighted by Crippen LogP contribution is -2.10. The second-order valence-corrected chi connectivity index (χ2v) is 6.73. The van der Waals surface area contributed by atoms with Gasteiger partial charge < -0.3 is 4.98 Å². The van der Waals surface area contributed by atoms with E-state index >= 15 is 0 Å². The predicted molar refractivity (Wildman–Crippen MR) is 115 cm³/mol. The minimum atomic E-state index is -0.527. The van der Waals surface area contributed by atoms with Gasteiger partial charge in [-0.2, -0.15) is 0 Å². The van der Waals surface area contributed by atoms with Crippen molar-refractivity contribution < 1.29 is 4.92 Å². The second-order valence-electron chi connectivity index (χ2n) is 6.33. The highest BCUT2D eigenvalue weighted by Crippen LogP contribution is 2.33. The van der Waals surface area contributed by atoms with Crippen molar-refractivity contribution in [3.63, 3.8) is 0 Å². The molecule has 142 valence electrons. The van der Waals surface area contributed by atoms with Gasteiger partial charge in [0.05, 0.1) is 26.4 Å². The topological polar surface area (TPSA) is 88.9 Å². The Labute approximate surface area is 170 Å². The van der Waals surface area contributed by atoms with Gasteiger partial charge in [-0.05, 0) is 17.7 Å². The van der Waals surface area contributed by atoms with Crippen molar-refractivity contribution >= 4 is 39.3 Å². The van der Waals surface area contributed by atoms with Crippen molar-refractivity contribution in [3.05, 3.63) is 104 Å². The maximum Gasteiger partial charge on any atom is 0.280 e. The van der Waals surface area contributed by atoms with E-state index in [0.717, 1.165) is 5.56 Å². The van der Waals surface area contributed by atoms with Crippen molar-refractivity contribution in [1.29, 1.82) is 0 Å². The Morgan fingerprint density at radius 3 is 2.34 bits per heavy atom. The van der Waals surface area contributed by atoms with Crippen LogP contribution in [0.4, 0.5) is 5.69 Å². The molecule has 0 aliphatic heterocycles. The normalized spacial score (nSPS) is 11.6. The van der Waals surface area contributed by atoms with Crippen molar-refractivity contribution in [2.45, 2.75) is 0 Å². The lowest BCUT2D eigenvalue weighted by Gasteiger charge is -2.07. The van der Waals surface area contributed by atoms with Gasteiger partial charge in [-0.15, -0.1) is 0 Å². The molecule has 0 amide bonds. The summed E-state index contributed by atoms with van der Waals surface area (Å²) >= 11 is 6.39. The summed E-state index contributed by atoms with van der Waals surface area (Å²) in [5.41, 5.74) is 1.28. The van der Waals surface area contributed by atoms with E-state index in [1.54, 1.807) is 18.2 Å². The van der Waals surface area contributed by atoms with E-state index in [4.69, 9.17) is 11.6 Å². The smallest absolute Gasteiger partial charge is 0.280 e.